The predicted octanol–water partition coefficient (Wildman–Crippen LogP) is 3.31. The molecule has 0 atom stereocenters. The molecule has 8 heteroatoms. The van der Waals surface area contributed by atoms with E-state index in [4.69, 9.17) is 0 Å². The summed E-state index contributed by atoms with van der Waals surface area (Å²) in [5.41, 5.74) is 2.92. The molecule has 8 nitrogen and oxygen atoms in total. The molecule has 1 aliphatic heterocycles. The summed E-state index contributed by atoms with van der Waals surface area (Å²) in [6, 6.07) is 14.9. The van der Waals surface area contributed by atoms with Crippen molar-refractivity contribution in [2.24, 2.45) is 0 Å². The first-order valence-electron chi connectivity index (χ1n) is 11.4. The van der Waals surface area contributed by atoms with Crippen LogP contribution in [0.5, 0.6) is 0 Å². The Morgan fingerprint density at radius 2 is 1.82 bits per heavy atom. The lowest BCUT2D eigenvalue weighted by Gasteiger charge is -2.36. The number of piperazine rings is 1. The summed E-state index contributed by atoms with van der Waals surface area (Å²) in [7, 11) is 0. The summed E-state index contributed by atoms with van der Waals surface area (Å²) in [6.07, 6.45) is 5.51. The molecular formula is C25H30N6O2. The number of para-hydroxylation sites is 2. The quantitative estimate of drug-likeness (QED) is 0.555. The number of benzene rings is 2. The standard InChI is InChI=1S/C25H30N6O2/c1-2-29-14-16-31(17-15-29)23-9-4-3-8-22(23)28-25(33)20-6-5-7-21(18-20)27-24(32)10-12-30-13-11-26-19-30/h3-9,11,13,18-19H,2,10,12,14-17H2,1H3,(H,27,32)(H,28,33). The highest BCUT2D eigenvalue weighted by molar-refractivity contribution is 6.06. The highest BCUT2D eigenvalue weighted by atomic mass is 16.2. The SMILES string of the molecule is CCN1CCN(c2ccccc2NC(=O)c2cccc(NC(=O)CCn3ccnc3)c2)CC1. The Kier molecular flexibility index (Phi) is 7.36. The molecule has 3 aromatic rings. The third-order valence-corrected chi connectivity index (χ3v) is 5.88. The number of aryl methyl sites for hydroxylation is 1. The van der Waals surface area contributed by atoms with E-state index in [0.717, 1.165) is 44.1 Å². The average Bonchev–Trinajstić information content (AvgIpc) is 3.37. The van der Waals surface area contributed by atoms with Gasteiger partial charge in [0.2, 0.25) is 5.91 Å². The summed E-state index contributed by atoms with van der Waals surface area (Å²) < 4.78 is 1.85. The average molecular weight is 447 g/mol. The first kappa shape index (κ1) is 22.5. The van der Waals surface area contributed by atoms with Crippen LogP contribution in [-0.2, 0) is 11.3 Å². The Hall–Kier alpha value is -3.65. The second-order valence-corrected chi connectivity index (χ2v) is 8.07. The van der Waals surface area contributed by atoms with Gasteiger partial charge in [-0.05, 0) is 36.9 Å². The molecule has 0 aliphatic carbocycles. The van der Waals surface area contributed by atoms with Crippen molar-refractivity contribution >= 4 is 28.9 Å². The van der Waals surface area contributed by atoms with Gasteiger partial charge < -0.3 is 25.0 Å². The van der Waals surface area contributed by atoms with Crippen LogP contribution in [-0.4, -0.2) is 59.0 Å². The molecule has 0 saturated carbocycles. The fourth-order valence-electron chi connectivity index (χ4n) is 3.97. The van der Waals surface area contributed by atoms with Crippen molar-refractivity contribution in [3.8, 4) is 0 Å². The van der Waals surface area contributed by atoms with Crippen LogP contribution in [0.2, 0.25) is 0 Å². The molecule has 2 aromatic carbocycles. The van der Waals surface area contributed by atoms with Crippen molar-refractivity contribution in [3.05, 3.63) is 72.8 Å². The minimum absolute atomic E-state index is 0.113. The number of likely N-dealkylation sites (N-methyl/N-ethyl adjacent to an activating group) is 1. The van der Waals surface area contributed by atoms with E-state index in [0.29, 0.717) is 24.2 Å². The number of rotatable bonds is 8. The predicted molar refractivity (Wildman–Crippen MR) is 131 cm³/mol. The Balaban J connectivity index is 1.38. The van der Waals surface area contributed by atoms with Gasteiger partial charge in [-0.15, -0.1) is 0 Å². The van der Waals surface area contributed by atoms with Gasteiger partial charge >= 0.3 is 0 Å². The van der Waals surface area contributed by atoms with Crippen molar-refractivity contribution in [1.29, 1.82) is 0 Å². The normalized spacial score (nSPS) is 14.2. The number of hydrogen-bond donors (Lipinski definition) is 2. The van der Waals surface area contributed by atoms with Crippen LogP contribution in [0.3, 0.4) is 0 Å². The number of nitrogens with one attached hydrogen (secondary N) is 2. The molecule has 172 valence electrons. The Bertz CT molecular complexity index is 1070. The van der Waals surface area contributed by atoms with Crippen molar-refractivity contribution < 1.29 is 9.59 Å². The summed E-state index contributed by atoms with van der Waals surface area (Å²) in [4.78, 5) is 34.0. The van der Waals surface area contributed by atoms with Crippen LogP contribution >= 0.6 is 0 Å². The molecule has 4 rings (SSSR count). The number of anilines is 3. The first-order valence-corrected chi connectivity index (χ1v) is 11.4. The maximum atomic E-state index is 13.0. The van der Waals surface area contributed by atoms with Crippen LogP contribution in [0, 0.1) is 0 Å². The number of imidazole rings is 1. The maximum Gasteiger partial charge on any atom is 0.255 e. The molecule has 0 unspecified atom stereocenters. The van der Waals surface area contributed by atoms with Crippen molar-refractivity contribution in [3.63, 3.8) is 0 Å². The Labute approximate surface area is 194 Å². The minimum atomic E-state index is -0.204. The molecule has 1 aliphatic rings. The number of carbonyl (C=O) groups is 2. The van der Waals surface area contributed by atoms with Crippen LogP contribution in [0.1, 0.15) is 23.7 Å². The van der Waals surface area contributed by atoms with Crippen molar-refractivity contribution in [1.82, 2.24) is 14.5 Å². The topological polar surface area (TPSA) is 82.5 Å². The van der Waals surface area contributed by atoms with Crippen LogP contribution in [0.25, 0.3) is 0 Å². The molecule has 2 N–H and O–H groups in total. The van der Waals surface area contributed by atoms with Gasteiger partial charge in [0.1, 0.15) is 0 Å². The number of amides is 2. The van der Waals surface area contributed by atoms with Gasteiger partial charge in [0, 0.05) is 62.8 Å². The lowest BCUT2D eigenvalue weighted by atomic mass is 10.1. The number of carbonyl (C=O) groups excluding carboxylic acids is 2. The fourth-order valence-corrected chi connectivity index (χ4v) is 3.97. The zero-order valence-electron chi connectivity index (χ0n) is 18.9. The molecule has 33 heavy (non-hydrogen) atoms. The number of aromatic nitrogens is 2. The van der Waals surface area contributed by atoms with Gasteiger partial charge in [0.25, 0.3) is 5.91 Å². The summed E-state index contributed by atoms with van der Waals surface area (Å²) in [6.45, 7) is 7.68. The molecule has 1 aromatic heterocycles. The van der Waals surface area contributed by atoms with Crippen LogP contribution in [0.4, 0.5) is 17.1 Å². The molecule has 0 bridgehead atoms. The second-order valence-electron chi connectivity index (χ2n) is 8.07. The zero-order chi connectivity index (χ0) is 23.0. The van der Waals surface area contributed by atoms with E-state index < -0.39 is 0 Å². The van der Waals surface area contributed by atoms with E-state index in [2.05, 4.69) is 32.3 Å². The lowest BCUT2D eigenvalue weighted by Crippen LogP contribution is -2.46. The second kappa shape index (κ2) is 10.8. The zero-order valence-corrected chi connectivity index (χ0v) is 18.9. The van der Waals surface area contributed by atoms with E-state index in [9.17, 15) is 9.59 Å². The highest BCUT2D eigenvalue weighted by Crippen LogP contribution is 2.27. The molecule has 0 radical (unpaired) electrons. The van der Waals surface area contributed by atoms with Crippen LogP contribution < -0.4 is 15.5 Å². The van der Waals surface area contributed by atoms with Gasteiger partial charge in [-0.2, -0.15) is 0 Å². The summed E-state index contributed by atoms with van der Waals surface area (Å²) in [5.74, 6) is -0.318. The fraction of sp³-hybridized carbons (Fsp3) is 0.320. The highest BCUT2D eigenvalue weighted by Gasteiger charge is 2.19. The number of hydrogen-bond acceptors (Lipinski definition) is 5. The van der Waals surface area contributed by atoms with Gasteiger partial charge in [0.15, 0.2) is 0 Å². The molecular weight excluding hydrogens is 416 g/mol. The van der Waals surface area contributed by atoms with Gasteiger partial charge in [-0.3, -0.25) is 9.59 Å². The molecule has 1 saturated heterocycles. The summed E-state index contributed by atoms with van der Waals surface area (Å²) in [5, 5.41) is 5.93. The number of nitrogens with zero attached hydrogens (tertiary/aromatic N) is 4. The molecule has 1 fully saturated rings. The summed E-state index contributed by atoms with van der Waals surface area (Å²) >= 11 is 0. The van der Waals surface area contributed by atoms with E-state index in [1.807, 2.05) is 35.0 Å². The maximum absolute atomic E-state index is 13.0. The third kappa shape index (κ3) is 5.98. The van der Waals surface area contributed by atoms with E-state index in [1.54, 1.807) is 36.8 Å². The minimum Gasteiger partial charge on any atom is -0.367 e. The van der Waals surface area contributed by atoms with Crippen molar-refractivity contribution in [2.75, 3.05) is 48.3 Å². The monoisotopic (exact) mass is 446 g/mol. The third-order valence-electron chi connectivity index (χ3n) is 5.88. The lowest BCUT2D eigenvalue weighted by molar-refractivity contribution is -0.116. The Morgan fingerprint density at radius 1 is 1.00 bits per heavy atom. The van der Waals surface area contributed by atoms with E-state index >= 15 is 0 Å². The van der Waals surface area contributed by atoms with Crippen molar-refractivity contribution in [2.45, 2.75) is 19.9 Å². The molecule has 2 amide bonds. The molecule has 0 spiro atoms. The van der Waals surface area contributed by atoms with Gasteiger partial charge in [-0.25, -0.2) is 4.98 Å². The van der Waals surface area contributed by atoms with Crippen LogP contribution in [0.15, 0.2) is 67.3 Å². The molecule has 2 heterocycles. The van der Waals surface area contributed by atoms with Gasteiger partial charge in [0.05, 0.1) is 17.7 Å². The Morgan fingerprint density at radius 3 is 2.58 bits per heavy atom. The first-order chi connectivity index (χ1) is 16.1. The van der Waals surface area contributed by atoms with E-state index in [-0.39, 0.29) is 11.8 Å². The smallest absolute Gasteiger partial charge is 0.255 e. The van der Waals surface area contributed by atoms with E-state index in [1.165, 1.54) is 0 Å². The largest absolute Gasteiger partial charge is 0.367 e. The van der Waals surface area contributed by atoms with Gasteiger partial charge in [-0.1, -0.05) is 25.1 Å².